The maximum atomic E-state index is 12.9. The predicted octanol–water partition coefficient (Wildman–Crippen LogP) is 1.59. The molecular weight excluding hydrogens is 442 g/mol. The summed E-state index contributed by atoms with van der Waals surface area (Å²) in [6.07, 6.45) is 6.82. The van der Waals surface area contributed by atoms with Crippen LogP contribution in [0.3, 0.4) is 0 Å². The van der Waals surface area contributed by atoms with Gasteiger partial charge in [0.15, 0.2) is 9.89 Å². The number of hydrogen-bond donors (Lipinski definition) is 3. The molecule has 0 bridgehead atoms. The average molecular weight is 468 g/mol. The van der Waals surface area contributed by atoms with Crippen LogP contribution in [0.15, 0.2) is 59.6 Å². The summed E-state index contributed by atoms with van der Waals surface area (Å²) < 4.78 is 26.7. The average Bonchev–Trinajstić information content (AvgIpc) is 3.24. The molecular formula is C22H25N7O3S. The molecule has 0 saturated carbocycles. The Bertz CT molecular complexity index is 1320. The van der Waals surface area contributed by atoms with Crippen LogP contribution in [0.1, 0.15) is 35.5 Å². The molecule has 11 heteroatoms. The smallest absolute Gasteiger partial charge is 0.251 e. The molecule has 1 unspecified atom stereocenters. The van der Waals surface area contributed by atoms with E-state index >= 15 is 0 Å². The molecule has 33 heavy (non-hydrogen) atoms. The van der Waals surface area contributed by atoms with Gasteiger partial charge in [-0.2, -0.15) is 4.40 Å². The maximum absolute atomic E-state index is 12.9. The topological polar surface area (TPSA) is 137 Å². The van der Waals surface area contributed by atoms with Crippen molar-refractivity contribution in [1.29, 1.82) is 0 Å². The van der Waals surface area contributed by atoms with Gasteiger partial charge in [0, 0.05) is 24.2 Å². The van der Waals surface area contributed by atoms with Gasteiger partial charge in [-0.1, -0.05) is 6.07 Å². The van der Waals surface area contributed by atoms with Gasteiger partial charge in [-0.25, -0.2) is 9.19 Å². The first-order valence-electron chi connectivity index (χ1n) is 10.1. The second-order valence-electron chi connectivity index (χ2n) is 8.30. The minimum absolute atomic E-state index is 0.0865. The summed E-state index contributed by atoms with van der Waals surface area (Å²) in [6.45, 7) is 4.39. The highest BCUT2D eigenvalue weighted by atomic mass is 32.2. The van der Waals surface area contributed by atoms with Gasteiger partial charge in [-0.15, -0.1) is 0 Å². The van der Waals surface area contributed by atoms with Crippen LogP contribution >= 0.6 is 0 Å². The van der Waals surface area contributed by atoms with Gasteiger partial charge >= 0.3 is 0 Å². The molecule has 10 nitrogen and oxygen atoms in total. The van der Waals surface area contributed by atoms with E-state index < -0.39 is 15.4 Å². The van der Waals surface area contributed by atoms with Gasteiger partial charge < -0.3 is 20.4 Å². The molecule has 172 valence electrons. The Hall–Kier alpha value is -3.86. The minimum Gasteiger partial charge on any atom is -0.490 e. The van der Waals surface area contributed by atoms with Crippen LogP contribution in [0.4, 0.5) is 5.69 Å². The largest absolute Gasteiger partial charge is 0.490 e. The lowest BCUT2D eigenvalue weighted by molar-refractivity contribution is 0.0880. The van der Waals surface area contributed by atoms with E-state index in [-0.39, 0.29) is 18.3 Å². The van der Waals surface area contributed by atoms with Crippen molar-refractivity contribution >= 4 is 33.2 Å². The SMILES string of the molecule is C=S1(=O)N=C(N)c2c(cccc2OCC(C)(C)NC(=O)c2ccnc(Cn3ccnc3)c2)N1. The number of benzene rings is 1. The third-order valence-corrected chi connectivity index (χ3v) is 5.85. The minimum atomic E-state index is -2.88. The maximum Gasteiger partial charge on any atom is 0.251 e. The molecule has 4 N–H and O–H groups in total. The summed E-state index contributed by atoms with van der Waals surface area (Å²) in [6, 6.07) is 8.63. The van der Waals surface area contributed by atoms with Crippen molar-refractivity contribution in [3.63, 3.8) is 0 Å². The van der Waals surface area contributed by atoms with Gasteiger partial charge in [-0.3, -0.25) is 14.5 Å². The van der Waals surface area contributed by atoms with Crippen molar-refractivity contribution in [2.45, 2.75) is 25.9 Å². The third kappa shape index (κ3) is 5.32. The highest BCUT2D eigenvalue weighted by molar-refractivity contribution is 8.00. The number of carbonyl (C=O) groups is 1. The summed E-state index contributed by atoms with van der Waals surface area (Å²) in [5, 5.41) is 2.99. The second kappa shape index (κ2) is 8.58. The summed E-state index contributed by atoms with van der Waals surface area (Å²) in [4.78, 5) is 21.2. The Morgan fingerprint density at radius 3 is 2.91 bits per heavy atom. The molecule has 3 heterocycles. The highest BCUT2D eigenvalue weighted by Gasteiger charge is 2.26. The van der Waals surface area contributed by atoms with Crippen molar-refractivity contribution in [3.05, 3.63) is 72.1 Å². The van der Waals surface area contributed by atoms with E-state index in [1.807, 2.05) is 24.6 Å². The number of pyridine rings is 1. The zero-order valence-corrected chi connectivity index (χ0v) is 19.1. The van der Waals surface area contributed by atoms with Crippen LogP contribution in [0.5, 0.6) is 5.75 Å². The molecule has 1 aliphatic rings. The number of nitrogens with one attached hydrogen (secondary N) is 2. The normalized spacial score (nSPS) is 17.5. The number of aromatic nitrogens is 3. The first kappa shape index (κ1) is 22.3. The standard InChI is InChI=1S/C22H25N7O3S/c1-22(2,13-32-18-6-4-5-17-19(18)20(23)28-33(3,31)27-17)26-21(30)15-7-8-25-16(11-15)12-29-10-9-24-14-29/h4-11,14H,3,12-13H2,1-2H3,(H,26,30)(H3,23,27,28,31). The second-order valence-corrected chi connectivity index (χ2v) is 9.96. The Morgan fingerprint density at radius 1 is 1.33 bits per heavy atom. The van der Waals surface area contributed by atoms with E-state index in [0.717, 1.165) is 5.69 Å². The van der Waals surface area contributed by atoms with E-state index in [2.05, 4.69) is 30.3 Å². The zero-order chi connectivity index (χ0) is 23.6. The van der Waals surface area contributed by atoms with Gasteiger partial charge in [0.05, 0.1) is 35.4 Å². The van der Waals surface area contributed by atoms with E-state index in [1.54, 1.807) is 49.1 Å². The molecule has 0 radical (unpaired) electrons. The van der Waals surface area contributed by atoms with E-state index in [1.165, 1.54) is 0 Å². The summed E-state index contributed by atoms with van der Waals surface area (Å²) in [7, 11) is -2.88. The number of amides is 1. The molecule has 1 amide bonds. The first-order valence-corrected chi connectivity index (χ1v) is 11.8. The predicted molar refractivity (Wildman–Crippen MR) is 129 cm³/mol. The van der Waals surface area contributed by atoms with Crippen molar-refractivity contribution < 1.29 is 13.7 Å². The van der Waals surface area contributed by atoms with Crippen LogP contribution in [0.2, 0.25) is 0 Å². The van der Waals surface area contributed by atoms with Gasteiger partial charge in [0.1, 0.15) is 18.2 Å². The number of hydrogen-bond acceptors (Lipinski definition) is 6. The summed E-state index contributed by atoms with van der Waals surface area (Å²) in [5.41, 5.74) is 7.59. The molecule has 0 spiro atoms. The lowest BCUT2D eigenvalue weighted by Gasteiger charge is -2.28. The molecule has 4 rings (SSSR count). The summed E-state index contributed by atoms with van der Waals surface area (Å²) >= 11 is 0. The number of imidazole rings is 1. The first-order chi connectivity index (χ1) is 15.6. The number of amidine groups is 1. The van der Waals surface area contributed by atoms with Crippen molar-refractivity contribution in [1.82, 2.24) is 19.9 Å². The van der Waals surface area contributed by atoms with Gasteiger partial charge in [0.25, 0.3) is 5.91 Å². The molecule has 1 aliphatic heterocycles. The fraction of sp³-hybridized carbons (Fsp3) is 0.227. The van der Waals surface area contributed by atoms with Crippen molar-refractivity contribution in [2.75, 3.05) is 11.3 Å². The van der Waals surface area contributed by atoms with Crippen LogP contribution < -0.4 is 20.5 Å². The Balaban J connectivity index is 1.44. The van der Waals surface area contributed by atoms with Crippen LogP contribution in [-0.4, -0.2) is 48.5 Å². The Labute approximate surface area is 192 Å². The molecule has 2 aromatic heterocycles. The lowest BCUT2D eigenvalue weighted by atomic mass is 10.1. The fourth-order valence-electron chi connectivity index (χ4n) is 3.35. The van der Waals surface area contributed by atoms with Crippen molar-refractivity contribution in [3.8, 4) is 5.75 Å². The number of nitrogens with two attached hydrogens (primary N) is 1. The Kier molecular flexibility index (Phi) is 5.81. The van der Waals surface area contributed by atoms with E-state index in [9.17, 15) is 9.00 Å². The number of anilines is 1. The van der Waals surface area contributed by atoms with E-state index in [4.69, 9.17) is 10.5 Å². The van der Waals surface area contributed by atoms with Crippen molar-refractivity contribution in [2.24, 2.45) is 10.1 Å². The molecule has 0 fully saturated rings. The van der Waals surface area contributed by atoms with Crippen LogP contribution in [-0.2, 0) is 16.4 Å². The zero-order valence-electron chi connectivity index (χ0n) is 18.3. The lowest BCUT2D eigenvalue weighted by Crippen LogP contribution is -2.48. The van der Waals surface area contributed by atoms with Crippen LogP contribution in [0.25, 0.3) is 0 Å². The van der Waals surface area contributed by atoms with Gasteiger partial charge in [0.2, 0.25) is 0 Å². The number of nitrogens with zero attached hydrogens (tertiary/aromatic N) is 4. The van der Waals surface area contributed by atoms with Gasteiger partial charge in [-0.05, 0) is 44.0 Å². The molecule has 1 atom stereocenters. The number of fused-ring (bicyclic) bond motifs is 1. The molecule has 1 aromatic carbocycles. The quantitative estimate of drug-likeness (QED) is 0.452. The molecule has 0 aliphatic carbocycles. The molecule has 3 aromatic rings. The monoisotopic (exact) mass is 467 g/mol. The van der Waals surface area contributed by atoms with Crippen LogP contribution in [0, 0.1) is 0 Å². The third-order valence-electron chi connectivity index (χ3n) is 4.82. The summed E-state index contributed by atoms with van der Waals surface area (Å²) in [5.74, 6) is 3.84. The number of carbonyl (C=O) groups excluding carboxylic acids is 1. The molecule has 0 saturated heterocycles. The highest BCUT2D eigenvalue weighted by Crippen LogP contribution is 2.30. The van der Waals surface area contributed by atoms with E-state index in [0.29, 0.717) is 29.1 Å². The Morgan fingerprint density at radius 2 is 2.15 bits per heavy atom. The number of rotatable bonds is 7. The number of ether oxygens (including phenoxy) is 1. The fourth-order valence-corrected chi connectivity index (χ4v) is 4.32.